The molecule has 0 aliphatic heterocycles. The maximum absolute atomic E-state index is 12.0. The molecule has 1 aromatic carbocycles. The van der Waals surface area contributed by atoms with Gasteiger partial charge in [-0.05, 0) is 30.0 Å². The fourth-order valence-corrected chi connectivity index (χ4v) is 3.74. The molecule has 0 atom stereocenters. The minimum atomic E-state index is -0.0878. The van der Waals surface area contributed by atoms with E-state index in [2.05, 4.69) is 10.3 Å². The predicted octanol–water partition coefficient (Wildman–Crippen LogP) is 3.25. The Morgan fingerprint density at radius 3 is 2.79 bits per heavy atom. The van der Waals surface area contributed by atoms with Crippen LogP contribution in [-0.2, 0) is 17.0 Å². The fourth-order valence-electron chi connectivity index (χ4n) is 2.03. The van der Waals surface area contributed by atoms with Gasteiger partial charge < -0.3 is 10.5 Å². The highest BCUT2D eigenvalue weighted by atomic mass is 32.2. The Morgan fingerprint density at radius 1 is 1.21 bits per heavy atom. The molecule has 0 aliphatic rings. The fraction of sp³-hybridized carbons (Fsp3) is 0.118. The van der Waals surface area contributed by atoms with Gasteiger partial charge in [0.15, 0.2) is 6.20 Å². The monoisotopic (exact) mass is 357 g/mol. The number of para-hydroxylation sites is 1. The van der Waals surface area contributed by atoms with Crippen LogP contribution in [-0.4, -0.2) is 10.9 Å². The van der Waals surface area contributed by atoms with E-state index in [1.54, 1.807) is 12.1 Å². The zero-order valence-electron chi connectivity index (χ0n) is 12.7. The van der Waals surface area contributed by atoms with Gasteiger partial charge in [0.2, 0.25) is 5.91 Å². The van der Waals surface area contributed by atoms with Crippen molar-refractivity contribution < 1.29 is 9.52 Å². The summed E-state index contributed by atoms with van der Waals surface area (Å²) < 4.78 is 0.839. The number of carbonyl (C=O) groups is 1. The van der Waals surface area contributed by atoms with Crippen LogP contribution in [0.4, 0.5) is 5.69 Å². The van der Waals surface area contributed by atoms with Crippen LogP contribution in [0.25, 0.3) is 0 Å². The molecule has 0 bridgehead atoms. The minimum Gasteiger partial charge on any atom is -0.618 e. The highest BCUT2D eigenvalue weighted by molar-refractivity contribution is 7.98. The molecule has 2 aromatic heterocycles. The van der Waals surface area contributed by atoms with Gasteiger partial charge in [0.05, 0.1) is 12.1 Å². The molecular formula is C17H15N3O2S2. The highest BCUT2D eigenvalue weighted by Crippen LogP contribution is 2.21. The van der Waals surface area contributed by atoms with E-state index in [9.17, 15) is 10.0 Å². The largest absolute Gasteiger partial charge is 0.618 e. The van der Waals surface area contributed by atoms with Crippen LogP contribution in [0.1, 0.15) is 10.7 Å². The SMILES string of the molecule is O=C(Cc1nc(CSc2cccc[n+]2[O-])cs1)Nc1ccccc1. The molecule has 5 nitrogen and oxygen atoms in total. The van der Waals surface area contributed by atoms with Crippen molar-refractivity contribution in [2.24, 2.45) is 0 Å². The Bertz CT molecular complexity index is 821. The molecule has 0 unspecified atom stereocenters. The number of hydrogen-bond acceptors (Lipinski definition) is 5. The Labute approximate surface area is 148 Å². The lowest BCUT2D eigenvalue weighted by Crippen LogP contribution is -2.27. The molecule has 3 rings (SSSR count). The number of rotatable bonds is 6. The van der Waals surface area contributed by atoms with Gasteiger partial charge in [0, 0.05) is 29.0 Å². The van der Waals surface area contributed by atoms with Crippen molar-refractivity contribution in [1.82, 2.24) is 4.98 Å². The van der Waals surface area contributed by atoms with Gasteiger partial charge in [-0.25, -0.2) is 4.98 Å². The molecule has 0 radical (unpaired) electrons. The third-order valence-electron chi connectivity index (χ3n) is 3.13. The van der Waals surface area contributed by atoms with E-state index in [1.807, 2.05) is 41.8 Å². The summed E-state index contributed by atoms with van der Waals surface area (Å²) in [5.41, 5.74) is 1.65. The number of aromatic nitrogens is 2. The molecule has 122 valence electrons. The van der Waals surface area contributed by atoms with E-state index in [0.29, 0.717) is 10.8 Å². The van der Waals surface area contributed by atoms with Gasteiger partial charge in [-0.1, -0.05) is 18.2 Å². The molecule has 2 heterocycles. The number of hydrogen-bond donors (Lipinski definition) is 1. The molecule has 0 saturated heterocycles. The van der Waals surface area contributed by atoms with Crippen LogP contribution >= 0.6 is 23.1 Å². The molecule has 0 fully saturated rings. The summed E-state index contributed by atoms with van der Waals surface area (Å²) >= 11 is 2.89. The van der Waals surface area contributed by atoms with Gasteiger partial charge in [-0.3, -0.25) is 4.79 Å². The molecular weight excluding hydrogens is 342 g/mol. The Balaban J connectivity index is 1.54. The average molecular weight is 357 g/mol. The number of pyridine rings is 1. The summed E-state index contributed by atoms with van der Waals surface area (Å²) in [6, 6.07) is 14.7. The molecule has 0 aliphatic carbocycles. The third-order valence-corrected chi connectivity index (χ3v) is 5.07. The van der Waals surface area contributed by atoms with E-state index >= 15 is 0 Å². The highest BCUT2D eigenvalue weighted by Gasteiger charge is 2.10. The van der Waals surface area contributed by atoms with Gasteiger partial charge in [-0.2, -0.15) is 4.73 Å². The molecule has 7 heteroatoms. The van der Waals surface area contributed by atoms with E-state index < -0.39 is 0 Å². The standard InChI is InChI=1S/C17H15N3O2S2/c21-15(18-13-6-2-1-3-7-13)10-16-19-14(11-23-16)12-24-17-8-4-5-9-20(17)22/h1-9,11H,10,12H2,(H,18,21). The van der Waals surface area contributed by atoms with Crippen molar-refractivity contribution in [3.63, 3.8) is 0 Å². The van der Waals surface area contributed by atoms with E-state index in [-0.39, 0.29) is 12.3 Å². The van der Waals surface area contributed by atoms with Crippen molar-refractivity contribution in [3.05, 3.63) is 76.0 Å². The minimum absolute atomic E-state index is 0.0878. The molecule has 1 amide bonds. The van der Waals surface area contributed by atoms with Crippen LogP contribution in [0.5, 0.6) is 0 Å². The lowest BCUT2D eigenvalue weighted by Gasteiger charge is -2.03. The lowest BCUT2D eigenvalue weighted by atomic mass is 10.3. The first-order valence-electron chi connectivity index (χ1n) is 7.30. The van der Waals surface area contributed by atoms with Gasteiger partial charge in [0.25, 0.3) is 5.03 Å². The maximum atomic E-state index is 12.0. The van der Waals surface area contributed by atoms with E-state index in [1.165, 1.54) is 29.3 Å². The van der Waals surface area contributed by atoms with Gasteiger partial charge >= 0.3 is 0 Å². The van der Waals surface area contributed by atoms with Crippen molar-refractivity contribution in [2.45, 2.75) is 17.2 Å². The zero-order valence-corrected chi connectivity index (χ0v) is 14.3. The van der Waals surface area contributed by atoms with Crippen molar-refractivity contribution in [3.8, 4) is 0 Å². The Morgan fingerprint density at radius 2 is 2.00 bits per heavy atom. The predicted molar refractivity (Wildman–Crippen MR) is 95.9 cm³/mol. The second-order valence-corrected chi connectivity index (χ2v) is 6.92. The third kappa shape index (κ3) is 4.56. The van der Waals surface area contributed by atoms with Crippen LogP contribution in [0.15, 0.2) is 65.1 Å². The van der Waals surface area contributed by atoms with Crippen LogP contribution in [0.3, 0.4) is 0 Å². The second-order valence-electron chi connectivity index (χ2n) is 4.98. The smallest absolute Gasteiger partial charge is 0.251 e. The molecule has 0 spiro atoms. The van der Waals surface area contributed by atoms with Gasteiger partial charge in [-0.15, -0.1) is 11.3 Å². The second kappa shape index (κ2) is 7.94. The summed E-state index contributed by atoms with van der Waals surface area (Å²) in [7, 11) is 0. The number of nitrogens with one attached hydrogen (secondary N) is 1. The van der Waals surface area contributed by atoms with Crippen molar-refractivity contribution in [2.75, 3.05) is 5.32 Å². The number of thioether (sulfide) groups is 1. The first-order valence-corrected chi connectivity index (χ1v) is 9.16. The lowest BCUT2D eigenvalue weighted by molar-refractivity contribution is -0.645. The number of benzene rings is 1. The van der Waals surface area contributed by atoms with E-state index in [4.69, 9.17) is 0 Å². The topological polar surface area (TPSA) is 68.9 Å². The quantitative estimate of drug-likeness (QED) is 0.418. The first kappa shape index (κ1) is 16.5. The number of carbonyl (C=O) groups excluding carboxylic acids is 1. The first-order chi connectivity index (χ1) is 11.7. The summed E-state index contributed by atoms with van der Waals surface area (Å²) in [4.78, 5) is 16.5. The number of thiazole rings is 1. The summed E-state index contributed by atoms with van der Waals surface area (Å²) in [6.07, 6.45) is 1.72. The summed E-state index contributed by atoms with van der Waals surface area (Å²) in [6.45, 7) is 0. The molecule has 1 N–H and O–H groups in total. The van der Waals surface area contributed by atoms with Crippen LogP contribution in [0, 0.1) is 5.21 Å². The molecule has 24 heavy (non-hydrogen) atoms. The number of amides is 1. The van der Waals surface area contributed by atoms with Crippen molar-refractivity contribution >= 4 is 34.7 Å². The number of nitrogens with zero attached hydrogens (tertiary/aromatic N) is 2. The van der Waals surface area contributed by atoms with E-state index in [0.717, 1.165) is 21.1 Å². The Kier molecular flexibility index (Phi) is 5.45. The molecule has 3 aromatic rings. The maximum Gasteiger partial charge on any atom is 0.251 e. The Hall–Kier alpha value is -2.38. The summed E-state index contributed by atoms with van der Waals surface area (Å²) in [5, 5.41) is 17.8. The summed E-state index contributed by atoms with van der Waals surface area (Å²) in [5.74, 6) is 0.512. The van der Waals surface area contributed by atoms with Crippen molar-refractivity contribution in [1.29, 1.82) is 0 Å². The number of anilines is 1. The molecule has 0 saturated carbocycles. The van der Waals surface area contributed by atoms with Gasteiger partial charge in [0.1, 0.15) is 5.01 Å². The van der Waals surface area contributed by atoms with Crippen LogP contribution < -0.4 is 10.0 Å². The van der Waals surface area contributed by atoms with Crippen LogP contribution in [0.2, 0.25) is 0 Å². The normalized spacial score (nSPS) is 10.5. The zero-order chi connectivity index (χ0) is 16.8. The average Bonchev–Trinajstić information content (AvgIpc) is 3.02.